The number of rotatable bonds is 14. The summed E-state index contributed by atoms with van der Waals surface area (Å²) in [6.07, 6.45) is 3.79. The van der Waals surface area contributed by atoms with Gasteiger partial charge in [-0.3, -0.25) is 9.59 Å². The highest BCUT2D eigenvalue weighted by Gasteiger charge is 2.45. The molecule has 1 amide bonds. The number of carbonyl (C=O) groups excluding carboxylic acids is 2. The maximum Gasteiger partial charge on any atom is 0.295 e. The first-order valence-corrected chi connectivity index (χ1v) is 13.1. The number of unbranched alkanes of at least 4 members (excludes halogenated alkanes) is 2. The molecule has 0 aliphatic carbocycles. The van der Waals surface area contributed by atoms with Crippen LogP contribution in [0.3, 0.4) is 0 Å². The number of amides is 1. The molecule has 1 aliphatic rings. The predicted molar refractivity (Wildman–Crippen MR) is 144 cm³/mol. The van der Waals surface area contributed by atoms with Crippen LogP contribution in [0.15, 0.2) is 54.1 Å². The number of methoxy groups -OCH3 is 1. The van der Waals surface area contributed by atoms with Crippen molar-refractivity contribution in [1.82, 2.24) is 4.90 Å². The molecule has 1 saturated heterocycles. The fourth-order valence-corrected chi connectivity index (χ4v) is 4.25. The van der Waals surface area contributed by atoms with Gasteiger partial charge < -0.3 is 24.2 Å². The summed E-state index contributed by atoms with van der Waals surface area (Å²) < 4.78 is 16.7. The van der Waals surface area contributed by atoms with E-state index in [9.17, 15) is 14.7 Å². The summed E-state index contributed by atoms with van der Waals surface area (Å²) in [5, 5.41) is 11.2. The Bertz CT molecular complexity index is 1060. The zero-order valence-corrected chi connectivity index (χ0v) is 22.4. The molecule has 0 aromatic heterocycles. The maximum atomic E-state index is 13.2. The molecule has 1 atom stereocenters. The number of Topliss-reactive ketones (excluding diaryl/α,β-unsaturated/α-hetero) is 1. The summed E-state index contributed by atoms with van der Waals surface area (Å²) in [6.45, 7) is 8.28. The van der Waals surface area contributed by atoms with Crippen LogP contribution in [0.25, 0.3) is 5.76 Å². The molecule has 1 fully saturated rings. The number of carbonyl (C=O) groups is 2. The van der Waals surface area contributed by atoms with E-state index in [-0.39, 0.29) is 11.3 Å². The van der Waals surface area contributed by atoms with Crippen LogP contribution in [0.5, 0.6) is 11.5 Å². The Morgan fingerprint density at radius 3 is 2.19 bits per heavy atom. The summed E-state index contributed by atoms with van der Waals surface area (Å²) in [7, 11) is 1.60. The van der Waals surface area contributed by atoms with Crippen LogP contribution in [-0.2, 0) is 14.3 Å². The number of benzene rings is 2. The lowest BCUT2D eigenvalue weighted by atomic mass is 9.95. The standard InChI is InChI=1S/C30H39NO6/c1-5-6-7-19-36-24-13-9-22(10-14-24)27-26(29(33)30(34)31(27)17-8-18-35-4)28(32)23-11-15-25(16-12-23)37-20-21(2)3/h9-16,21,27,32H,5-8,17-20H2,1-4H3. The van der Waals surface area contributed by atoms with Crippen molar-refractivity contribution in [1.29, 1.82) is 0 Å². The first-order chi connectivity index (χ1) is 17.9. The number of aliphatic hydroxyl groups is 1. The fraction of sp³-hybridized carbons (Fsp3) is 0.467. The molecule has 3 rings (SSSR count). The van der Waals surface area contributed by atoms with Gasteiger partial charge in [-0.05, 0) is 60.7 Å². The first kappa shape index (κ1) is 28.3. The number of ketones is 1. The van der Waals surface area contributed by atoms with Gasteiger partial charge in [-0.15, -0.1) is 0 Å². The van der Waals surface area contributed by atoms with Gasteiger partial charge in [0.15, 0.2) is 0 Å². The molecule has 1 unspecified atom stereocenters. The molecular weight excluding hydrogens is 470 g/mol. The Morgan fingerprint density at radius 2 is 1.57 bits per heavy atom. The number of aliphatic hydroxyl groups excluding tert-OH is 1. The lowest BCUT2D eigenvalue weighted by Gasteiger charge is -2.25. The van der Waals surface area contributed by atoms with Crippen molar-refractivity contribution in [3.8, 4) is 11.5 Å². The Labute approximate surface area is 220 Å². The highest BCUT2D eigenvalue weighted by Crippen LogP contribution is 2.40. The van der Waals surface area contributed by atoms with Crippen molar-refractivity contribution >= 4 is 17.4 Å². The lowest BCUT2D eigenvalue weighted by molar-refractivity contribution is -0.140. The van der Waals surface area contributed by atoms with Gasteiger partial charge in [-0.2, -0.15) is 0 Å². The molecular formula is C30H39NO6. The van der Waals surface area contributed by atoms with Gasteiger partial charge in [0.1, 0.15) is 17.3 Å². The lowest BCUT2D eigenvalue weighted by Crippen LogP contribution is -2.31. The van der Waals surface area contributed by atoms with Gasteiger partial charge in [0.25, 0.3) is 11.7 Å². The Hall–Kier alpha value is -3.32. The third-order valence-electron chi connectivity index (χ3n) is 6.21. The second kappa shape index (κ2) is 13.8. The topological polar surface area (TPSA) is 85.3 Å². The smallest absolute Gasteiger partial charge is 0.295 e. The fourth-order valence-electron chi connectivity index (χ4n) is 4.25. The molecule has 37 heavy (non-hydrogen) atoms. The molecule has 7 nitrogen and oxygen atoms in total. The molecule has 0 radical (unpaired) electrons. The average Bonchev–Trinajstić information content (AvgIpc) is 3.15. The van der Waals surface area contributed by atoms with E-state index in [1.807, 2.05) is 24.3 Å². The molecule has 1 heterocycles. The molecule has 1 N–H and O–H groups in total. The molecule has 0 bridgehead atoms. The van der Waals surface area contributed by atoms with Crippen LogP contribution in [0, 0.1) is 5.92 Å². The highest BCUT2D eigenvalue weighted by atomic mass is 16.5. The van der Waals surface area contributed by atoms with E-state index in [1.165, 1.54) is 4.90 Å². The maximum absolute atomic E-state index is 13.2. The SMILES string of the molecule is CCCCCOc1ccc(C2C(=C(O)c3ccc(OCC(C)C)cc3)C(=O)C(=O)N2CCCOC)cc1. The van der Waals surface area contributed by atoms with E-state index in [0.29, 0.717) is 50.0 Å². The van der Waals surface area contributed by atoms with E-state index in [4.69, 9.17) is 14.2 Å². The Kier molecular flexibility index (Phi) is 10.6. The number of hydrogen-bond donors (Lipinski definition) is 1. The van der Waals surface area contributed by atoms with Crippen molar-refractivity contribution in [3.63, 3.8) is 0 Å². The molecule has 200 valence electrons. The Balaban J connectivity index is 1.92. The van der Waals surface area contributed by atoms with Gasteiger partial charge in [-0.25, -0.2) is 0 Å². The van der Waals surface area contributed by atoms with Crippen LogP contribution in [0.4, 0.5) is 0 Å². The third-order valence-corrected chi connectivity index (χ3v) is 6.21. The zero-order valence-electron chi connectivity index (χ0n) is 22.4. The average molecular weight is 510 g/mol. The summed E-state index contributed by atoms with van der Waals surface area (Å²) in [5.74, 6) is 0.270. The number of nitrogens with zero attached hydrogens (tertiary/aromatic N) is 1. The molecule has 0 saturated carbocycles. The monoisotopic (exact) mass is 509 g/mol. The summed E-state index contributed by atoms with van der Waals surface area (Å²) >= 11 is 0. The number of hydrogen-bond acceptors (Lipinski definition) is 6. The van der Waals surface area contributed by atoms with Crippen LogP contribution >= 0.6 is 0 Å². The van der Waals surface area contributed by atoms with Crippen LogP contribution in [0.1, 0.15) is 63.6 Å². The predicted octanol–water partition coefficient (Wildman–Crippen LogP) is 5.75. The van der Waals surface area contributed by atoms with Crippen molar-refractivity contribution in [2.75, 3.05) is 33.5 Å². The zero-order chi connectivity index (χ0) is 26.8. The second-order valence-corrected chi connectivity index (χ2v) is 9.69. The molecule has 2 aromatic rings. The van der Waals surface area contributed by atoms with E-state index in [2.05, 4.69) is 20.8 Å². The quantitative estimate of drug-likeness (QED) is 0.151. The molecule has 7 heteroatoms. The van der Waals surface area contributed by atoms with Gasteiger partial charge in [0.05, 0.1) is 24.8 Å². The van der Waals surface area contributed by atoms with Crippen molar-refractivity contribution in [2.24, 2.45) is 5.92 Å². The molecule has 1 aliphatic heterocycles. The second-order valence-electron chi connectivity index (χ2n) is 9.69. The van der Waals surface area contributed by atoms with Crippen LogP contribution < -0.4 is 9.47 Å². The minimum absolute atomic E-state index is 0.0786. The van der Waals surface area contributed by atoms with E-state index in [0.717, 1.165) is 30.6 Å². The van der Waals surface area contributed by atoms with Crippen molar-refractivity contribution in [2.45, 2.75) is 52.5 Å². The summed E-state index contributed by atoms with van der Waals surface area (Å²) in [5.41, 5.74) is 1.26. The summed E-state index contributed by atoms with van der Waals surface area (Å²) in [6, 6.07) is 13.6. The van der Waals surface area contributed by atoms with Crippen LogP contribution in [-0.4, -0.2) is 55.2 Å². The molecule has 0 spiro atoms. The van der Waals surface area contributed by atoms with Crippen molar-refractivity contribution in [3.05, 3.63) is 65.2 Å². The van der Waals surface area contributed by atoms with Gasteiger partial charge >= 0.3 is 0 Å². The van der Waals surface area contributed by atoms with Gasteiger partial charge in [0.2, 0.25) is 0 Å². The summed E-state index contributed by atoms with van der Waals surface area (Å²) in [4.78, 5) is 27.7. The minimum Gasteiger partial charge on any atom is -0.507 e. The normalized spacial score (nSPS) is 17.0. The first-order valence-electron chi connectivity index (χ1n) is 13.1. The Morgan fingerprint density at radius 1 is 0.919 bits per heavy atom. The minimum atomic E-state index is -0.706. The number of likely N-dealkylation sites (tertiary alicyclic amines) is 1. The van der Waals surface area contributed by atoms with Gasteiger partial charge in [0, 0.05) is 25.8 Å². The van der Waals surface area contributed by atoms with E-state index < -0.39 is 17.7 Å². The van der Waals surface area contributed by atoms with Gasteiger partial charge in [-0.1, -0.05) is 45.7 Å². The van der Waals surface area contributed by atoms with Crippen molar-refractivity contribution < 1.29 is 28.9 Å². The van der Waals surface area contributed by atoms with E-state index >= 15 is 0 Å². The van der Waals surface area contributed by atoms with Crippen LogP contribution in [0.2, 0.25) is 0 Å². The highest BCUT2D eigenvalue weighted by molar-refractivity contribution is 6.46. The van der Waals surface area contributed by atoms with E-state index in [1.54, 1.807) is 31.4 Å². The molecule has 2 aromatic carbocycles. The number of ether oxygens (including phenoxy) is 3. The largest absolute Gasteiger partial charge is 0.507 e. The third kappa shape index (κ3) is 7.35.